The van der Waals surface area contributed by atoms with Gasteiger partial charge in [-0.1, -0.05) is 18.7 Å². The molecule has 2 aromatic rings. The van der Waals surface area contributed by atoms with Crippen LogP contribution in [0.25, 0.3) is 10.3 Å². The summed E-state index contributed by atoms with van der Waals surface area (Å²) in [7, 11) is 0. The highest BCUT2D eigenvalue weighted by Crippen LogP contribution is 2.31. The molecule has 0 bridgehead atoms. The molecule has 2 rings (SSSR count). The zero-order chi connectivity index (χ0) is 11.7. The van der Waals surface area contributed by atoms with Gasteiger partial charge in [0.25, 0.3) is 0 Å². The number of carboxylic acids is 1. The van der Waals surface area contributed by atoms with Crippen molar-refractivity contribution < 1.29 is 9.90 Å². The highest BCUT2D eigenvalue weighted by atomic mass is 32.2. The van der Waals surface area contributed by atoms with Gasteiger partial charge in [-0.2, -0.15) is 0 Å². The Kier molecular flexibility index (Phi) is 3.11. The third-order valence-electron chi connectivity index (χ3n) is 2.26. The molecule has 1 N–H and O–H groups in total. The zero-order valence-electron chi connectivity index (χ0n) is 8.85. The van der Waals surface area contributed by atoms with Crippen LogP contribution in [0.3, 0.4) is 0 Å². The van der Waals surface area contributed by atoms with Crippen LogP contribution < -0.4 is 0 Å². The van der Waals surface area contributed by atoms with E-state index in [1.165, 1.54) is 17.5 Å². The molecule has 0 fully saturated rings. The SMILES string of the molecule is CCc1c(C(=O)O)cnc2nc(SC)sc12. The summed E-state index contributed by atoms with van der Waals surface area (Å²) < 4.78 is 1.81. The number of carbonyl (C=O) groups is 1. The maximum Gasteiger partial charge on any atom is 0.337 e. The van der Waals surface area contributed by atoms with Gasteiger partial charge in [0, 0.05) is 6.20 Å². The van der Waals surface area contributed by atoms with Gasteiger partial charge >= 0.3 is 5.97 Å². The van der Waals surface area contributed by atoms with Crippen molar-refractivity contribution in [2.75, 3.05) is 6.26 Å². The van der Waals surface area contributed by atoms with Crippen molar-refractivity contribution >= 4 is 39.4 Å². The molecular formula is C10H10N2O2S2. The van der Waals surface area contributed by atoms with Crippen molar-refractivity contribution in [1.82, 2.24) is 9.97 Å². The van der Waals surface area contributed by atoms with Crippen molar-refractivity contribution in [3.63, 3.8) is 0 Å². The summed E-state index contributed by atoms with van der Waals surface area (Å²) >= 11 is 3.05. The summed E-state index contributed by atoms with van der Waals surface area (Å²) in [5.41, 5.74) is 1.76. The number of aromatic carboxylic acids is 1. The number of hydrogen-bond donors (Lipinski definition) is 1. The second-order valence-electron chi connectivity index (χ2n) is 3.15. The van der Waals surface area contributed by atoms with Crippen LogP contribution in [0.2, 0.25) is 0 Å². The minimum absolute atomic E-state index is 0.284. The molecule has 2 heterocycles. The number of hydrogen-bond acceptors (Lipinski definition) is 5. The summed E-state index contributed by atoms with van der Waals surface area (Å²) in [5, 5.41) is 9.06. The van der Waals surface area contributed by atoms with Crippen LogP contribution in [0.15, 0.2) is 10.5 Å². The highest BCUT2D eigenvalue weighted by Gasteiger charge is 2.16. The summed E-state index contributed by atoms with van der Waals surface area (Å²) in [6, 6.07) is 0. The first kappa shape index (κ1) is 11.3. The van der Waals surface area contributed by atoms with Gasteiger partial charge in [0.15, 0.2) is 9.99 Å². The van der Waals surface area contributed by atoms with Gasteiger partial charge < -0.3 is 5.11 Å². The summed E-state index contributed by atoms with van der Waals surface area (Å²) in [4.78, 5) is 19.4. The molecule has 0 saturated carbocycles. The molecule has 6 heteroatoms. The van der Waals surface area contributed by atoms with Gasteiger partial charge in [-0.3, -0.25) is 0 Å². The lowest BCUT2D eigenvalue weighted by atomic mass is 10.1. The third-order valence-corrected chi connectivity index (χ3v) is 4.35. The lowest BCUT2D eigenvalue weighted by Crippen LogP contribution is -2.02. The molecule has 16 heavy (non-hydrogen) atoms. The second-order valence-corrected chi connectivity index (χ2v) is 5.20. The Morgan fingerprint density at radius 2 is 2.38 bits per heavy atom. The molecule has 4 nitrogen and oxygen atoms in total. The van der Waals surface area contributed by atoms with E-state index in [-0.39, 0.29) is 5.56 Å². The van der Waals surface area contributed by atoms with Crippen LogP contribution in [-0.4, -0.2) is 27.3 Å². The lowest BCUT2D eigenvalue weighted by Gasteiger charge is -2.02. The van der Waals surface area contributed by atoms with E-state index in [0.717, 1.165) is 14.6 Å². The number of aryl methyl sites for hydroxylation is 1. The highest BCUT2D eigenvalue weighted by molar-refractivity contribution is 8.00. The van der Waals surface area contributed by atoms with Crippen LogP contribution in [-0.2, 0) is 6.42 Å². The second kappa shape index (κ2) is 4.39. The van der Waals surface area contributed by atoms with Crippen LogP contribution >= 0.6 is 23.1 Å². The first-order chi connectivity index (χ1) is 7.67. The molecule has 0 atom stereocenters. The zero-order valence-corrected chi connectivity index (χ0v) is 10.5. The van der Waals surface area contributed by atoms with Crippen molar-refractivity contribution in [3.8, 4) is 0 Å². The van der Waals surface area contributed by atoms with Gasteiger partial charge in [-0.25, -0.2) is 14.8 Å². The molecule has 0 aliphatic heterocycles. The van der Waals surface area contributed by atoms with Gasteiger partial charge in [0.2, 0.25) is 0 Å². The van der Waals surface area contributed by atoms with Crippen molar-refractivity contribution in [2.24, 2.45) is 0 Å². The Hall–Kier alpha value is -1.14. The molecule has 0 aliphatic rings. The molecule has 0 unspecified atom stereocenters. The number of carboxylic acid groups (broad SMARTS) is 1. The largest absolute Gasteiger partial charge is 0.478 e. The van der Waals surface area contributed by atoms with E-state index in [2.05, 4.69) is 9.97 Å². The molecule has 0 amide bonds. The standard InChI is InChI=1S/C10H10N2O2S2/c1-3-5-6(9(13)14)4-11-8-7(5)16-10(12-8)15-2/h4H,3H2,1-2H3,(H,13,14). The molecule has 0 aromatic carbocycles. The van der Waals surface area contributed by atoms with Gasteiger partial charge in [0.1, 0.15) is 0 Å². The Labute approximate surface area is 101 Å². The predicted molar refractivity (Wildman–Crippen MR) is 65.5 cm³/mol. The molecule has 0 radical (unpaired) electrons. The lowest BCUT2D eigenvalue weighted by molar-refractivity contribution is 0.0695. The van der Waals surface area contributed by atoms with Crippen LogP contribution in [0.1, 0.15) is 22.8 Å². The molecule has 0 spiro atoms. The average Bonchev–Trinajstić information content (AvgIpc) is 2.69. The Balaban J connectivity index is 2.74. The van der Waals surface area contributed by atoms with E-state index in [9.17, 15) is 4.79 Å². The number of aromatic nitrogens is 2. The fourth-order valence-corrected chi connectivity index (χ4v) is 3.16. The molecule has 84 valence electrons. The van der Waals surface area contributed by atoms with Crippen molar-refractivity contribution in [1.29, 1.82) is 0 Å². The number of thiazole rings is 1. The topological polar surface area (TPSA) is 63.1 Å². The Morgan fingerprint density at radius 3 is 2.94 bits per heavy atom. The summed E-state index contributed by atoms with van der Waals surface area (Å²) in [5.74, 6) is -0.926. The average molecular weight is 254 g/mol. The van der Waals surface area contributed by atoms with E-state index < -0.39 is 5.97 Å². The molecular weight excluding hydrogens is 244 g/mol. The number of nitrogens with zero attached hydrogens (tertiary/aromatic N) is 2. The number of pyridine rings is 1. The quantitative estimate of drug-likeness (QED) is 0.853. The van der Waals surface area contributed by atoms with Gasteiger partial charge in [-0.05, 0) is 18.2 Å². The smallest absolute Gasteiger partial charge is 0.337 e. The number of thioether (sulfide) groups is 1. The van der Waals surface area contributed by atoms with Crippen LogP contribution in [0.4, 0.5) is 0 Å². The summed E-state index contributed by atoms with van der Waals surface area (Å²) in [6.07, 6.45) is 4.02. The van der Waals surface area contributed by atoms with Crippen LogP contribution in [0.5, 0.6) is 0 Å². The number of rotatable bonds is 3. The normalized spacial score (nSPS) is 10.9. The van der Waals surface area contributed by atoms with Crippen LogP contribution in [0, 0.1) is 0 Å². The van der Waals surface area contributed by atoms with Crippen molar-refractivity contribution in [2.45, 2.75) is 17.7 Å². The third kappa shape index (κ3) is 1.78. The minimum Gasteiger partial charge on any atom is -0.478 e. The Morgan fingerprint density at radius 1 is 1.62 bits per heavy atom. The minimum atomic E-state index is -0.926. The Bertz CT molecular complexity index is 551. The predicted octanol–water partition coefficient (Wildman–Crippen LogP) is 2.67. The molecule has 0 aliphatic carbocycles. The van der Waals surface area contributed by atoms with Gasteiger partial charge in [0.05, 0.1) is 10.3 Å². The number of fused-ring (bicyclic) bond motifs is 1. The van der Waals surface area contributed by atoms with E-state index in [1.54, 1.807) is 11.8 Å². The van der Waals surface area contributed by atoms with E-state index in [4.69, 9.17) is 5.11 Å². The maximum absolute atomic E-state index is 11.0. The van der Waals surface area contributed by atoms with Crippen molar-refractivity contribution in [3.05, 3.63) is 17.3 Å². The van der Waals surface area contributed by atoms with Gasteiger partial charge in [-0.15, -0.1) is 11.3 Å². The molecule has 0 saturated heterocycles. The van der Waals surface area contributed by atoms with E-state index in [1.807, 2.05) is 13.2 Å². The van der Waals surface area contributed by atoms with E-state index >= 15 is 0 Å². The maximum atomic E-state index is 11.0. The van der Waals surface area contributed by atoms with E-state index in [0.29, 0.717) is 12.1 Å². The summed E-state index contributed by atoms with van der Waals surface area (Å²) in [6.45, 7) is 1.94. The fraction of sp³-hybridized carbons (Fsp3) is 0.300. The molecule has 2 aromatic heterocycles. The first-order valence-corrected chi connectivity index (χ1v) is 6.77. The monoisotopic (exact) mass is 254 g/mol. The fourth-order valence-electron chi connectivity index (χ4n) is 1.53. The first-order valence-electron chi connectivity index (χ1n) is 4.73.